The Kier molecular flexibility index (Phi) is 12.1. The average Bonchev–Trinajstić information content (AvgIpc) is 2.49. The Morgan fingerprint density at radius 2 is 1.54 bits per heavy atom. The summed E-state index contributed by atoms with van der Waals surface area (Å²) in [6.07, 6.45) is 2.78. The Labute approximate surface area is 147 Å². The van der Waals surface area contributed by atoms with Gasteiger partial charge in [0.25, 0.3) is 0 Å². The molecule has 0 aliphatic rings. The second-order valence-corrected chi connectivity index (χ2v) is 6.82. The molecule has 0 saturated carbocycles. The standard InChI is InChI=1S/C20H34O4/c1-7-9-11-17(14-15(3)4)23-19(21)12-10-13-20(22)24-18(8-2)16(5)6/h15-18H,7-8,10,12-14H2,1-6H3. The maximum absolute atomic E-state index is 11.9. The van der Waals surface area contributed by atoms with Crippen LogP contribution in [0.15, 0.2) is 0 Å². The van der Waals surface area contributed by atoms with Crippen molar-refractivity contribution in [1.82, 2.24) is 0 Å². The lowest BCUT2D eigenvalue weighted by Crippen LogP contribution is -2.23. The Hall–Kier alpha value is -1.50. The minimum absolute atomic E-state index is 0.0517. The van der Waals surface area contributed by atoms with Gasteiger partial charge in [-0.05, 0) is 31.1 Å². The summed E-state index contributed by atoms with van der Waals surface area (Å²) in [5, 5.41) is 0. The molecule has 0 heterocycles. The van der Waals surface area contributed by atoms with E-state index < -0.39 is 0 Å². The van der Waals surface area contributed by atoms with Gasteiger partial charge in [-0.2, -0.15) is 0 Å². The summed E-state index contributed by atoms with van der Waals surface area (Å²) in [7, 11) is 0. The van der Waals surface area contributed by atoms with Gasteiger partial charge in [0.1, 0.15) is 6.10 Å². The first-order chi connectivity index (χ1) is 11.3. The van der Waals surface area contributed by atoms with Crippen LogP contribution in [0.3, 0.4) is 0 Å². The minimum Gasteiger partial charge on any atom is -0.462 e. The molecule has 0 amide bonds. The van der Waals surface area contributed by atoms with Gasteiger partial charge in [0.15, 0.2) is 6.10 Å². The number of ether oxygens (including phenoxy) is 2. The highest BCUT2D eigenvalue weighted by Gasteiger charge is 2.17. The largest absolute Gasteiger partial charge is 0.462 e. The molecular weight excluding hydrogens is 304 g/mol. The first-order valence-corrected chi connectivity index (χ1v) is 9.17. The van der Waals surface area contributed by atoms with Crippen molar-refractivity contribution >= 4 is 11.9 Å². The first-order valence-electron chi connectivity index (χ1n) is 9.17. The molecule has 0 fully saturated rings. The second-order valence-electron chi connectivity index (χ2n) is 6.82. The van der Waals surface area contributed by atoms with Gasteiger partial charge in [0.2, 0.25) is 0 Å². The predicted molar refractivity (Wildman–Crippen MR) is 96.3 cm³/mol. The van der Waals surface area contributed by atoms with Gasteiger partial charge >= 0.3 is 11.9 Å². The van der Waals surface area contributed by atoms with Gasteiger partial charge in [0, 0.05) is 19.3 Å². The van der Waals surface area contributed by atoms with E-state index in [9.17, 15) is 9.59 Å². The van der Waals surface area contributed by atoms with Gasteiger partial charge in [-0.3, -0.25) is 9.59 Å². The zero-order valence-corrected chi connectivity index (χ0v) is 16.2. The van der Waals surface area contributed by atoms with Crippen molar-refractivity contribution < 1.29 is 19.1 Å². The lowest BCUT2D eigenvalue weighted by Gasteiger charge is -2.19. The molecule has 4 nitrogen and oxygen atoms in total. The van der Waals surface area contributed by atoms with Crippen LogP contribution < -0.4 is 0 Å². The first kappa shape index (κ1) is 22.5. The fourth-order valence-corrected chi connectivity index (χ4v) is 2.29. The summed E-state index contributed by atoms with van der Waals surface area (Å²) in [5.74, 6) is 6.14. The zero-order valence-electron chi connectivity index (χ0n) is 16.2. The number of carbonyl (C=O) groups is 2. The molecule has 2 unspecified atom stereocenters. The van der Waals surface area contributed by atoms with Crippen LogP contribution in [0.4, 0.5) is 0 Å². The molecule has 0 radical (unpaired) electrons. The fourth-order valence-electron chi connectivity index (χ4n) is 2.29. The summed E-state index contributed by atoms with van der Waals surface area (Å²) in [4.78, 5) is 23.7. The van der Waals surface area contributed by atoms with Gasteiger partial charge in [-0.1, -0.05) is 53.4 Å². The Bertz CT molecular complexity index is 429. The summed E-state index contributed by atoms with van der Waals surface area (Å²) in [6.45, 7) is 12.2. The molecule has 0 aliphatic carbocycles. The van der Waals surface area contributed by atoms with E-state index in [1.54, 1.807) is 0 Å². The van der Waals surface area contributed by atoms with Crippen molar-refractivity contribution in [1.29, 1.82) is 0 Å². The third-order valence-corrected chi connectivity index (χ3v) is 3.59. The van der Waals surface area contributed by atoms with Crippen LogP contribution in [0.5, 0.6) is 0 Å². The van der Waals surface area contributed by atoms with Gasteiger partial charge in [-0.15, -0.1) is 0 Å². The molecule has 0 rings (SSSR count). The number of hydrogen-bond donors (Lipinski definition) is 0. The highest BCUT2D eigenvalue weighted by molar-refractivity contribution is 5.72. The Morgan fingerprint density at radius 1 is 0.958 bits per heavy atom. The maximum atomic E-state index is 11.9. The van der Waals surface area contributed by atoms with Crippen LogP contribution in [-0.2, 0) is 19.1 Å². The fraction of sp³-hybridized carbons (Fsp3) is 0.800. The molecule has 24 heavy (non-hydrogen) atoms. The molecule has 0 saturated heterocycles. The minimum atomic E-state index is -0.352. The van der Waals surface area contributed by atoms with Crippen molar-refractivity contribution in [2.75, 3.05) is 0 Å². The molecule has 0 spiro atoms. The number of carbonyl (C=O) groups excluding carboxylic acids is 2. The van der Waals surface area contributed by atoms with Crippen molar-refractivity contribution in [2.45, 2.75) is 92.3 Å². The van der Waals surface area contributed by atoms with Crippen molar-refractivity contribution in [2.24, 2.45) is 11.8 Å². The lowest BCUT2D eigenvalue weighted by molar-refractivity contribution is -0.152. The molecular formula is C20H34O4. The molecule has 138 valence electrons. The number of esters is 2. The molecule has 0 aromatic heterocycles. The highest BCUT2D eigenvalue weighted by atomic mass is 16.5. The SMILES string of the molecule is CCC#CC(CC(C)C)OC(=O)CCCC(=O)OC(CC)C(C)C. The van der Waals surface area contributed by atoms with E-state index in [0.29, 0.717) is 18.3 Å². The van der Waals surface area contributed by atoms with Crippen LogP contribution in [0.25, 0.3) is 0 Å². The molecule has 2 atom stereocenters. The predicted octanol–water partition coefficient (Wildman–Crippen LogP) is 4.51. The average molecular weight is 338 g/mol. The third kappa shape index (κ3) is 11.1. The molecule has 0 aromatic carbocycles. The van der Waals surface area contributed by atoms with E-state index >= 15 is 0 Å². The van der Waals surface area contributed by atoms with Crippen LogP contribution >= 0.6 is 0 Å². The third-order valence-electron chi connectivity index (χ3n) is 3.59. The van der Waals surface area contributed by atoms with E-state index in [1.165, 1.54) is 0 Å². The number of hydrogen-bond acceptors (Lipinski definition) is 4. The molecule has 0 N–H and O–H groups in total. The Morgan fingerprint density at radius 3 is 2.00 bits per heavy atom. The van der Waals surface area contributed by atoms with E-state index in [4.69, 9.17) is 9.47 Å². The molecule has 4 heteroatoms. The van der Waals surface area contributed by atoms with E-state index in [2.05, 4.69) is 25.7 Å². The van der Waals surface area contributed by atoms with E-state index in [1.807, 2.05) is 27.7 Å². The van der Waals surface area contributed by atoms with Crippen LogP contribution in [-0.4, -0.2) is 24.1 Å². The lowest BCUT2D eigenvalue weighted by atomic mass is 10.1. The normalized spacial score (nSPS) is 13.2. The quantitative estimate of drug-likeness (QED) is 0.434. The molecule has 0 aliphatic heterocycles. The van der Waals surface area contributed by atoms with Crippen LogP contribution in [0.1, 0.15) is 80.1 Å². The summed E-state index contributed by atoms with van der Waals surface area (Å²) < 4.78 is 10.8. The van der Waals surface area contributed by atoms with Gasteiger partial charge in [-0.25, -0.2) is 0 Å². The zero-order chi connectivity index (χ0) is 18.5. The van der Waals surface area contributed by atoms with Gasteiger partial charge < -0.3 is 9.47 Å². The van der Waals surface area contributed by atoms with Crippen LogP contribution in [0, 0.1) is 23.7 Å². The summed E-state index contributed by atoms with van der Waals surface area (Å²) in [5.41, 5.74) is 0. The summed E-state index contributed by atoms with van der Waals surface area (Å²) >= 11 is 0. The summed E-state index contributed by atoms with van der Waals surface area (Å²) in [6, 6.07) is 0. The Balaban J connectivity index is 4.21. The highest BCUT2D eigenvalue weighted by Crippen LogP contribution is 2.13. The molecule has 0 bridgehead atoms. The van der Waals surface area contributed by atoms with Gasteiger partial charge in [0.05, 0.1) is 0 Å². The number of rotatable bonds is 10. The monoisotopic (exact) mass is 338 g/mol. The van der Waals surface area contributed by atoms with Crippen molar-refractivity contribution in [3.63, 3.8) is 0 Å². The van der Waals surface area contributed by atoms with Crippen molar-refractivity contribution in [3.8, 4) is 11.8 Å². The van der Waals surface area contributed by atoms with E-state index in [0.717, 1.165) is 19.3 Å². The van der Waals surface area contributed by atoms with Crippen LogP contribution in [0.2, 0.25) is 0 Å². The topological polar surface area (TPSA) is 52.6 Å². The van der Waals surface area contributed by atoms with E-state index in [-0.39, 0.29) is 37.0 Å². The maximum Gasteiger partial charge on any atom is 0.307 e. The molecule has 0 aromatic rings. The smallest absolute Gasteiger partial charge is 0.307 e. The second kappa shape index (κ2) is 12.9. The van der Waals surface area contributed by atoms with Crippen molar-refractivity contribution in [3.05, 3.63) is 0 Å².